The molecule has 0 radical (unpaired) electrons. The van der Waals surface area contributed by atoms with Crippen molar-refractivity contribution in [3.05, 3.63) is 11.6 Å². The lowest BCUT2D eigenvalue weighted by Crippen LogP contribution is -2.38. The molecule has 1 aliphatic rings. The van der Waals surface area contributed by atoms with Crippen LogP contribution < -0.4 is 5.32 Å². The van der Waals surface area contributed by atoms with Gasteiger partial charge in [0.25, 0.3) is 0 Å². The second-order valence-electron chi connectivity index (χ2n) is 4.29. The van der Waals surface area contributed by atoms with E-state index in [-0.39, 0.29) is 0 Å². The van der Waals surface area contributed by atoms with Crippen molar-refractivity contribution in [3.63, 3.8) is 0 Å². The van der Waals surface area contributed by atoms with Crippen molar-refractivity contribution in [1.82, 2.24) is 10.2 Å². The smallest absolute Gasteiger partial charge is 0.0168 e. The zero-order chi connectivity index (χ0) is 10.4. The molecule has 0 saturated heterocycles. The lowest BCUT2D eigenvalue weighted by molar-refractivity contribution is 0.214. The zero-order valence-corrected chi connectivity index (χ0v) is 9.84. The summed E-state index contributed by atoms with van der Waals surface area (Å²) < 4.78 is 0. The molecule has 0 spiro atoms. The third-order valence-corrected chi connectivity index (χ3v) is 3.08. The Morgan fingerprint density at radius 3 is 2.93 bits per heavy atom. The Hall–Kier alpha value is -0.340. The summed E-state index contributed by atoms with van der Waals surface area (Å²) in [6, 6.07) is 0.721. The van der Waals surface area contributed by atoms with Gasteiger partial charge in [-0.25, -0.2) is 0 Å². The average molecular weight is 196 g/mol. The Bertz CT molecular complexity index is 187. The van der Waals surface area contributed by atoms with E-state index in [1.54, 1.807) is 5.57 Å². The second kappa shape index (κ2) is 6.20. The van der Waals surface area contributed by atoms with Crippen LogP contribution in [0.25, 0.3) is 0 Å². The van der Waals surface area contributed by atoms with Gasteiger partial charge in [-0.05, 0) is 39.8 Å². The average Bonchev–Trinajstić information content (AvgIpc) is 2.19. The van der Waals surface area contributed by atoms with Crippen LogP contribution in [0, 0.1) is 0 Å². The highest BCUT2D eigenvalue weighted by atomic mass is 15.1. The summed E-state index contributed by atoms with van der Waals surface area (Å²) in [5.74, 6) is 0. The van der Waals surface area contributed by atoms with Gasteiger partial charge in [0.2, 0.25) is 0 Å². The molecule has 2 nitrogen and oxygen atoms in total. The molecule has 0 aromatic heterocycles. The number of nitrogens with zero attached hydrogens (tertiary/aromatic N) is 1. The van der Waals surface area contributed by atoms with Gasteiger partial charge in [-0.3, -0.25) is 4.90 Å². The minimum Gasteiger partial charge on any atom is -0.317 e. The van der Waals surface area contributed by atoms with Gasteiger partial charge in [-0.15, -0.1) is 0 Å². The highest BCUT2D eigenvalue weighted by Gasteiger charge is 2.14. The van der Waals surface area contributed by atoms with Gasteiger partial charge in [0.1, 0.15) is 0 Å². The predicted octanol–water partition coefficient (Wildman–Crippen LogP) is 2.03. The minimum absolute atomic E-state index is 0.721. The van der Waals surface area contributed by atoms with Gasteiger partial charge < -0.3 is 5.32 Å². The van der Waals surface area contributed by atoms with E-state index < -0.39 is 0 Å². The van der Waals surface area contributed by atoms with Crippen molar-refractivity contribution < 1.29 is 0 Å². The highest BCUT2D eigenvalue weighted by molar-refractivity contribution is 5.04. The summed E-state index contributed by atoms with van der Waals surface area (Å²) in [7, 11) is 0. The standard InChI is InChI=1S/C12H24N2/c1-4-13-8-5-12(3)14-9-6-11(2)7-10-14/h6,12-13H,4-5,7-10H2,1-3H3. The second-order valence-corrected chi connectivity index (χ2v) is 4.29. The van der Waals surface area contributed by atoms with Gasteiger partial charge in [0.05, 0.1) is 0 Å². The molecule has 1 atom stereocenters. The number of hydrogen-bond donors (Lipinski definition) is 1. The zero-order valence-electron chi connectivity index (χ0n) is 9.84. The van der Waals surface area contributed by atoms with Crippen LogP contribution >= 0.6 is 0 Å². The number of nitrogens with one attached hydrogen (secondary N) is 1. The van der Waals surface area contributed by atoms with Crippen LogP contribution in [0.5, 0.6) is 0 Å². The van der Waals surface area contributed by atoms with Crippen molar-refractivity contribution in [2.45, 2.75) is 39.7 Å². The van der Waals surface area contributed by atoms with Crippen LogP contribution in [0.15, 0.2) is 11.6 Å². The molecule has 2 heteroatoms. The first-order chi connectivity index (χ1) is 6.74. The highest BCUT2D eigenvalue weighted by Crippen LogP contribution is 2.13. The first kappa shape index (κ1) is 11.7. The fourth-order valence-electron chi connectivity index (χ4n) is 1.86. The normalized spacial score (nSPS) is 20.6. The van der Waals surface area contributed by atoms with E-state index >= 15 is 0 Å². The molecule has 1 N–H and O–H groups in total. The van der Waals surface area contributed by atoms with Crippen LogP contribution in [-0.2, 0) is 0 Å². The van der Waals surface area contributed by atoms with E-state index in [1.165, 1.54) is 19.4 Å². The molecule has 1 unspecified atom stereocenters. The van der Waals surface area contributed by atoms with E-state index in [1.807, 2.05) is 0 Å². The first-order valence-electron chi connectivity index (χ1n) is 5.84. The molecule has 0 fully saturated rings. The predicted molar refractivity (Wildman–Crippen MR) is 62.6 cm³/mol. The van der Waals surface area contributed by atoms with Gasteiger partial charge >= 0.3 is 0 Å². The molecule has 1 aliphatic heterocycles. The third kappa shape index (κ3) is 3.81. The summed E-state index contributed by atoms with van der Waals surface area (Å²) >= 11 is 0. The molecular weight excluding hydrogens is 172 g/mol. The lowest BCUT2D eigenvalue weighted by Gasteiger charge is -2.31. The molecule has 0 amide bonds. The largest absolute Gasteiger partial charge is 0.317 e. The van der Waals surface area contributed by atoms with Gasteiger partial charge in [0, 0.05) is 19.1 Å². The fourth-order valence-corrected chi connectivity index (χ4v) is 1.86. The Balaban J connectivity index is 2.21. The number of rotatable bonds is 5. The van der Waals surface area contributed by atoms with E-state index in [0.717, 1.165) is 25.7 Å². The third-order valence-electron chi connectivity index (χ3n) is 3.08. The molecule has 0 aliphatic carbocycles. The summed E-state index contributed by atoms with van der Waals surface area (Å²) in [6.07, 6.45) is 4.89. The summed E-state index contributed by atoms with van der Waals surface area (Å²) in [6.45, 7) is 11.4. The SMILES string of the molecule is CCNCCC(C)N1CC=C(C)CC1. The summed E-state index contributed by atoms with van der Waals surface area (Å²) in [4.78, 5) is 2.57. The maximum absolute atomic E-state index is 3.38. The molecular formula is C12H24N2. The topological polar surface area (TPSA) is 15.3 Å². The summed E-state index contributed by atoms with van der Waals surface area (Å²) in [5, 5.41) is 3.38. The minimum atomic E-state index is 0.721. The van der Waals surface area contributed by atoms with Crippen molar-refractivity contribution in [1.29, 1.82) is 0 Å². The fraction of sp³-hybridized carbons (Fsp3) is 0.833. The summed E-state index contributed by atoms with van der Waals surface area (Å²) in [5.41, 5.74) is 1.56. The van der Waals surface area contributed by atoms with Crippen LogP contribution in [-0.4, -0.2) is 37.1 Å². The van der Waals surface area contributed by atoms with E-state index in [0.29, 0.717) is 0 Å². The van der Waals surface area contributed by atoms with E-state index in [2.05, 4.69) is 37.1 Å². The molecule has 0 aromatic carbocycles. The van der Waals surface area contributed by atoms with E-state index in [4.69, 9.17) is 0 Å². The molecule has 0 aromatic rings. The Morgan fingerprint density at radius 2 is 2.36 bits per heavy atom. The Labute approximate surface area is 88.4 Å². The molecule has 0 saturated carbocycles. The van der Waals surface area contributed by atoms with Gasteiger partial charge in [-0.1, -0.05) is 18.6 Å². The molecule has 0 bridgehead atoms. The van der Waals surface area contributed by atoms with Gasteiger partial charge in [-0.2, -0.15) is 0 Å². The van der Waals surface area contributed by atoms with Crippen molar-refractivity contribution in [2.24, 2.45) is 0 Å². The first-order valence-corrected chi connectivity index (χ1v) is 5.84. The monoisotopic (exact) mass is 196 g/mol. The molecule has 1 heterocycles. The van der Waals surface area contributed by atoms with Crippen LogP contribution in [0.1, 0.15) is 33.6 Å². The Morgan fingerprint density at radius 1 is 1.57 bits per heavy atom. The molecule has 1 rings (SSSR count). The molecule has 14 heavy (non-hydrogen) atoms. The van der Waals surface area contributed by atoms with Crippen LogP contribution in [0.2, 0.25) is 0 Å². The van der Waals surface area contributed by atoms with Crippen molar-refractivity contribution in [2.75, 3.05) is 26.2 Å². The van der Waals surface area contributed by atoms with Crippen LogP contribution in [0.3, 0.4) is 0 Å². The Kier molecular flexibility index (Phi) is 5.20. The maximum atomic E-state index is 3.38. The molecule has 82 valence electrons. The van der Waals surface area contributed by atoms with Crippen molar-refractivity contribution >= 4 is 0 Å². The van der Waals surface area contributed by atoms with E-state index in [9.17, 15) is 0 Å². The number of hydrogen-bond acceptors (Lipinski definition) is 2. The van der Waals surface area contributed by atoms with Gasteiger partial charge in [0.15, 0.2) is 0 Å². The maximum Gasteiger partial charge on any atom is 0.0168 e. The quantitative estimate of drug-likeness (QED) is 0.534. The van der Waals surface area contributed by atoms with Crippen molar-refractivity contribution in [3.8, 4) is 0 Å². The van der Waals surface area contributed by atoms with Crippen LogP contribution in [0.4, 0.5) is 0 Å². The lowest BCUT2D eigenvalue weighted by atomic mass is 10.1.